The van der Waals surface area contributed by atoms with Gasteiger partial charge in [-0.25, -0.2) is 4.79 Å². The van der Waals surface area contributed by atoms with Crippen LogP contribution in [0.3, 0.4) is 0 Å². The lowest BCUT2D eigenvalue weighted by Gasteiger charge is -2.04. The number of carboxylic acid groups (broad SMARTS) is 1. The molecule has 2 heterocycles. The minimum atomic E-state index is -1.07. The summed E-state index contributed by atoms with van der Waals surface area (Å²) in [4.78, 5) is 15.0. The zero-order chi connectivity index (χ0) is 13.7. The van der Waals surface area contributed by atoms with E-state index in [1.54, 1.807) is 0 Å². The monoisotopic (exact) mass is 261 g/mol. The predicted molar refractivity (Wildman–Crippen MR) is 67.7 cm³/mol. The van der Waals surface area contributed by atoms with Crippen molar-refractivity contribution >= 4 is 5.97 Å². The minimum Gasteiger partial charge on any atom is -0.476 e. The number of carbonyl (C=O) groups is 1. The molecule has 0 unspecified atom stereocenters. The van der Waals surface area contributed by atoms with Crippen LogP contribution in [0.15, 0.2) is 24.4 Å². The quantitative estimate of drug-likeness (QED) is 0.734. The van der Waals surface area contributed by atoms with Gasteiger partial charge in [-0.1, -0.05) is 11.3 Å². The summed E-state index contributed by atoms with van der Waals surface area (Å²) in [5.74, 6) is -1.07. The molecule has 0 fully saturated rings. The maximum atomic E-state index is 10.6. The number of hydrogen-bond acceptors (Lipinski definition) is 5. The van der Waals surface area contributed by atoms with E-state index < -0.39 is 5.97 Å². The summed E-state index contributed by atoms with van der Waals surface area (Å²) < 4.78 is 1.50. The molecular formula is C12H15N5O2. The second kappa shape index (κ2) is 6.05. The summed E-state index contributed by atoms with van der Waals surface area (Å²) in [6.07, 6.45) is 1.41. The number of pyridine rings is 1. The average Bonchev–Trinajstić information content (AvgIpc) is 2.84. The molecule has 100 valence electrons. The third-order valence-corrected chi connectivity index (χ3v) is 2.53. The third kappa shape index (κ3) is 3.85. The number of aryl methyl sites for hydroxylation is 1. The lowest BCUT2D eigenvalue weighted by Crippen LogP contribution is -2.20. The number of nitrogens with one attached hydrogen (secondary N) is 1. The summed E-state index contributed by atoms with van der Waals surface area (Å²) in [7, 11) is 0. The fourth-order valence-electron chi connectivity index (χ4n) is 1.61. The van der Waals surface area contributed by atoms with Crippen LogP contribution in [0.2, 0.25) is 0 Å². The van der Waals surface area contributed by atoms with Gasteiger partial charge >= 0.3 is 5.97 Å². The molecule has 19 heavy (non-hydrogen) atoms. The van der Waals surface area contributed by atoms with E-state index >= 15 is 0 Å². The van der Waals surface area contributed by atoms with E-state index in [0.717, 1.165) is 11.4 Å². The van der Waals surface area contributed by atoms with E-state index in [-0.39, 0.29) is 5.69 Å². The topological polar surface area (TPSA) is 92.9 Å². The number of aromatic carboxylic acids is 1. The van der Waals surface area contributed by atoms with Crippen molar-refractivity contribution < 1.29 is 9.90 Å². The Labute approximate surface area is 110 Å². The van der Waals surface area contributed by atoms with E-state index in [9.17, 15) is 4.79 Å². The highest BCUT2D eigenvalue weighted by atomic mass is 16.4. The van der Waals surface area contributed by atoms with Crippen molar-refractivity contribution in [1.82, 2.24) is 25.3 Å². The van der Waals surface area contributed by atoms with E-state index in [0.29, 0.717) is 19.6 Å². The number of rotatable bonds is 6. The van der Waals surface area contributed by atoms with Crippen molar-refractivity contribution in [2.45, 2.75) is 20.0 Å². The molecular weight excluding hydrogens is 246 g/mol. The van der Waals surface area contributed by atoms with Gasteiger partial charge in [0, 0.05) is 18.8 Å². The van der Waals surface area contributed by atoms with Gasteiger partial charge in [0.1, 0.15) is 0 Å². The van der Waals surface area contributed by atoms with Crippen molar-refractivity contribution in [3.63, 3.8) is 0 Å². The molecule has 0 radical (unpaired) electrons. The molecule has 0 aliphatic rings. The first kappa shape index (κ1) is 13.2. The summed E-state index contributed by atoms with van der Waals surface area (Å²) in [6.45, 7) is 3.85. The van der Waals surface area contributed by atoms with E-state index in [4.69, 9.17) is 5.11 Å². The van der Waals surface area contributed by atoms with Crippen LogP contribution in [0, 0.1) is 6.92 Å². The highest BCUT2D eigenvalue weighted by Crippen LogP contribution is 1.97. The Bertz CT molecular complexity index is 567. The molecule has 0 saturated carbocycles. The Hall–Kier alpha value is -2.28. The molecule has 0 saturated heterocycles. The molecule has 2 rings (SSSR count). The first-order chi connectivity index (χ1) is 9.15. The second-order valence-corrected chi connectivity index (χ2v) is 4.12. The summed E-state index contributed by atoms with van der Waals surface area (Å²) >= 11 is 0. The van der Waals surface area contributed by atoms with Gasteiger partial charge in [0.2, 0.25) is 0 Å². The molecule has 7 heteroatoms. The van der Waals surface area contributed by atoms with Crippen LogP contribution in [0.25, 0.3) is 0 Å². The Balaban J connectivity index is 1.76. The molecule has 0 amide bonds. The third-order valence-electron chi connectivity index (χ3n) is 2.53. The van der Waals surface area contributed by atoms with Gasteiger partial charge in [0.15, 0.2) is 5.69 Å². The highest BCUT2D eigenvalue weighted by molar-refractivity contribution is 5.84. The largest absolute Gasteiger partial charge is 0.476 e. The molecule has 0 atom stereocenters. The molecule has 2 aromatic heterocycles. The summed E-state index contributed by atoms with van der Waals surface area (Å²) in [5, 5.41) is 19.2. The smallest absolute Gasteiger partial charge is 0.358 e. The van der Waals surface area contributed by atoms with Crippen molar-refractivity contribution in [2.75, 3.05) is 6.54 Å². The van der Waals surface area contributed by atoms with Gasteiger partial charge in [-0.05, 0) is 19.1 Å². The van der Waals surface area contributed by atoms with Crippen molar-refractivity contribution in [3.05, 3.63) is 41.5 Å². The average molecular weight is 261 g/mol. The van der Waals surface area contributed by atoms with Crippen molar-refractivity contribution in [3.8, 4) is 0 Å². The molecule has 0 aliphatic carbocycles. The zero-order valence-corrected chi connectivity index (χ0v) is 10.6. The number of nitrogens with zero attached hydrogens (tertiary/aromatic N) is 4. The molecule has 2 N–H and O–H groups in total. The standard InChI is InChI=1S/C12H15N5O2/c1-9-3-2-4-10(14-9)7-13-5-6-17-8-11(12(18)19)15-16-17/h2-4,8,13H,5-7H2,1H3,(H,18,19). The van der Waals surface area contributed by atoms with Gasteiger partial charge in [-0.3, -0.25) is 9.67 Å². The van der Waals surface area contributed by atoms with Crippen LogP contribution >= 0.6 is 0 Å². The molecule has 0 bridgehead atoms. The van der Waals surface area contributed by atoms with Gasteiger partial charge in [-0.2, -0.15) is 0 Å². The molecule has 0 spiro atoms. The van der Waals surface area contributed by atoms with Crippen molar-refractivity contribution in [1.29, 1.82) is 0 Å². The predicted octanol–water partition coefficient (Wildman–Crippen LogP) is 0.470. The van der Waals surface area contributed by atoms with Crippen LogP contribution in [0.5, 0.6) is 0 Å². The van der Waals surface area contributed by atoms with Gasteiger partial charge in [0.05, 0.1) is 18.4 Å². The van der Waals surface area contributed by atoms with Crippen molar-refractivity contribution in [2.24, 2.45) is 0 Å². The number of aromatic nitrogens is 4. The van der Waals surface area contributed by atoms with Gasteiger partial charge in [-0.15, -0.1) is 5.10 Å². The van der Waals surface area contributed by atoms with Crippen LogP contribution in [-0.4, -0.2) is 37.6 Å². The minimum absolute atomic E-state index is 0.0413. The maximum Gasteiger partial charge on any atom is 0.358 e. The Morgan fingerprint density at radius 3 is 3.00 bits per heavy atom. The van der Waals surface area contributed by atoms with E-state index in [1.807, 2.05) is 25.1 Å². The Morgan fingerprint density at radius 2 is 2.32 bits per heavy atom. The normalized spacial score (nSPS) is 10.6. The first-order valence-corrected chi connectivity index (χ1v) is 5.92. The van der Waals surface area contributed by atoms with Gasteiger partial charge in [0.25, 0.3) is 0 Å². The lowest BCUT2D eigenvalue weighted by molar-refractivity contribution is 0.0690. The number of hydrogen-bond donors (Lipinski definition) is 2. The highest BCUT2D eigenvalue weighted by Gasteiger charge is 2.07. The van der Waals surface area contributed by atoms with Crippen LogP contribution in [0.4, 0.5) is 0 Å². The Morgan fingerprint density at radius 1 is 1.47 bits per heavy atom. The SMILES string of the molecule is Cc1cccc(CNCCn2cc(C(=O)O)nn2)n1. The summed E-state index contributed by atoms with van der Waals surface area (Å²) in [5.41, 5.74) is 1.92. The molecule has 0 aromatic carbocycles. The van der Waals surface area contributed by atoms with Crippen LogP contribution in [-0.2, 0) is 13.1 Å². The van der Waals surface area contributed by atoms with Gasteiger partial charge < -0.3 is 10.4 Å². The van der Waals surface area contributed by atoms with Crippen LogP contribution < -0.4 is 5.32 Å². The zero-order valence-electron chi connectivity index (χ0n) is 10.6. The summed E-state index contributed by atoms with van der Waals surface area (Å²) in [6, 6.07) is 5.88. The maximum absolute atomic E-state index is 10.6. The van der Waals surface area contributed by atoms with E-state index in [2.05, 4.69) is 20.6 Å². The lowest BCUT2D eigenvalue weighted by atomic mass is 10.3. The molecule has 0 aliphatic heterocycles. The van der Waals surface area contributed by atoms with E-state index in [1.165, 1.54) is 10.9 Å². The fraction of sp³-hybridized carbons (Fsp3) is 0.333. The second-order valence-electron chi connectivity index (χ2n) is 4.12. The van der Waals surface area contributed by atoms with Crippen LogP contribution in [0.1, 0.15) is 21.9 Å². The number of carboxylic acids is 1. The first-order valence-electron chi connectivity index (χ1n) is 5.92. The molecule has 2 aromatic rings. The Kier molecular flexibility index (Phi) is 4.19. The fourth-order valence-corrected chi connectivity index (χ4v) is 1.61. The molecule has 7 nitrogen and oxygen atoms in total.